The highest BCUT2D eigenvalue weighted by molar-refractivity contribution is 14.1. The number of nitrogens with zero attached hydrogens (tertiary/aromatic N) is 1. The third-order valence-electron chi connectivity index (χ3n) is 1.99. The first-order chi connectivity index (χ1) is 6.31. The van der Waals surface area contributed by atoms with E-state index in [-0.39, 0.29) is 0 Å². The predicted octanol–water partition coefficient (Wildman–Crippen LogP) is 2.23. The van der Waals surface area contributed by atoms with Crippen molar-refractivity contribution in [1.29, 1.82) is 0 Å². The predicted molar refractivity (Wildman–Crippen MR) is 59.8 cm³/mol. The number of aromatic hydroxyl groups is 1. The van der Waals surface area contributed by atoms with E-state index < -0.39 is 0 Å². The summed E-state index contributed by atoms with van der Waals surface area (Å²) in [5, 5.41) is 10.5. The number of alkyl halides is 1. The maximum atomic E-state index is 9.33. The molecule has 66 valence electrons. The van der Waals surface area contributed by atoms with Gasteiger partial charge in [0.1, 0.15) is 5.75 Å². The van der Waals surface area contributed by atoms with Crippen molar-refractivity contribution in [2.24, 2.45) is 0 Å². The van der Waals surface area contributed by atoms with Crippen LogP contribution in [0.2, 0.25) is 0 Å². The molecule has 0 atom stereocenters. The smallest absolute Gasteiger partial charge is 0.216 e. The van der Waals surface area contributed by atoms with E-state index in [4.69, 9.17) is 0 Å². The first kappa shape index (κ1) is 8.74. The van der Waals surface area contributed by atoms with Gasteiger partial charge >= 0.3 is 0 Å². The first-order valence-electron chi connectivity index (χ1n) is 3.98. The van der Waals surface area contributed by atoms with Gasteiger partial charge in [-0.3, -0.25) is 0 Å². The molecule has 0 aliphatic carbocycles. The molecule has 3 heteroatoms. The Kier molecular flexibility index (Phi) is 2.35. The molecule has 1 N–H and O–H groups in total. The summed E-state index contributed by atoms with van der Waals surface area (Å²) in [5.74, 6) is 0.317. The second-order valence-electron chi connectivity index (χ2n) is 2.84. The van der Waals surface area contributed by atoms with E-state index in [2.05, 4.69) is 27.2 Å². The van der Waals surface area contributed by atoms with Crippen LogP contribution >= 0.6 is 22.6 Å². The zero-order chi connectivity index (χ0) is 9.26. The number of halogens is 1. The average Bonchev–Trinajstić information content (AvgIpc) is 2.17. The Hall–Kier alpha value is -0.840. The molecule has 0 saturated heterocycles. The summed E-state index contributed by atoms with van der Waals surface area (Å²) in [4.78, 5) is 0. The summed E-state index contributed by atoms with van der Waals surface area (Å²) in [5.41, 5.74) is 1.07. The van der Waals surface area contributed by atoms with Gasteiger partial charge in [-0.05, 0) is 40.8 Å². The highest BCUT2D eigenvalue weighted by atomic mass is 127. The van der Waals surface area contributed by atoms with Crippen LogP contribution in [0.1, 0.15) is 0 Å². The van der Waals surface area contributed by atoms with Crippen molar-refractivity contribution in [3.63, 3.8) is 0 Å². The van der Waals surface area contributed by atoms with Crippen molar-refractivity contribution in [3.05, 3.63) is 36.5 Å². The van der Waals surface area contributed by atoms with Crippen LogP contribution in [-0.2, 0) is 4.55 Å². The number of pyridine rings is 1. The van der Waals surface area contributed by atoms with Crippen LogP contribution in [0.4, 0.5) is 0 Å². The highest BCUT2D eigenvalue weighted by Crippen LogP contribution is 2.16. The van der Waals surface area contributed by atoms with Gasteiger partial charge in [0.05, 0.1) is 6.07 Å². The Bertz CT molecular complexity index is 442. The molecule has 0 bridgehead atoms. The molecule has 1 aromatic heterocycles. The SMILES string of the molecule is Oc1ccc2ccc[n+](CI)c2c1. The number of phenols is 1. The van der Waals surface area contributed by atoms with Crippen LogP contribution < -0.4 is 4.57 Å². The van der Waals surface area contributed by atoms with E-state index in [1.807, 2.05) is 24.4 Å². The van der Waals surface area contributed by atoms with Gasteiger partial charge in [-0.25, -0.2) is 0 Å². The Morgan fingerprint density at radius 2 is 2.15 bits per heavy atom. The van der Waals surface area contributed by atoms with Gasteiger partial charge in [0.15, 0.2) is 10.7 Å². The van der Waals surface area contributed by atoms with Crippen molar-refractivity contribution in [2.45, 2.75) is 4.55 Å². The Morgan fingerprint density at radius 3 is 2.92 bits per heavy atom. The molecule has 0 saturated carbocycles. The lowest BCUT2D eigenvalue weighted by Crippen LogP contribution is -2.30. The normalized spacial score (nSPS) is 10.5. The van der Waals surface area contributed by atoms with Gasteiger partial charge in [0.25, 0.3) is 0 Å². The van der Waals surface area contributed by atoms with E-state index >= 15 is 0 Å². The summed E-state index contributed by atoms with van der Waals surface area (Å²) in [6.45, 7) is 0. The number of phenolic OH excluding ortho intramolecular Hbond substituents is 1. The lowest BCUT2D eigenvalue weighted by Gasteiger charge is -1.97. The van der Waals surface area contributed by atoms with Gasteiger partial charge in [-0.2, -0.15) is 4.57 Å². The fourth-order valence-electron chi connectivity index (χ4n) is 1.36. The lowest BCUT2D eigenvalue weighted by molar-refractivity contribution is -0.644. The first-order valence-corrected chi connectivity index (χ1v) is 5.51. The van der Waals surface area contributed by atoms with Crippen molar-refractivity contribution in [2.75, 3.05) is 0 Å². The van der Waals surface area contributed by atoms with Gasteiger partial charge in [-0.1, -0.05) is 0 Å². The number of rotatable bonds is 1. The molecule has 2 nitrogen and oxygen atoms in total. The zero-order valence-electron chi connectivity index (χ0n) is 6.94. The van der Waals surface area contributed by atoms with Gasteiger partial charge in [0, 0.05) is 11.5 Å². The van der Waals surface area contributed by atoms with Crippen LogP contribution in [0.25, 0.3) is 10.9 Å². The number of fused-ring (bicyclic) bond motifs is 1. The van der Waals surface area contributed by atoms with Crippen LogP contribution in [0.15, 0.2) is 36.5 Å². The summed E-state index contributed by atoms with van der Waals surface area (Å²) < 4.78 is 2.98. The second-order valence-corrected chi connectivity index (χ2v) is 3.52. The van der Waals surface area contributed by atoms with Gasteiger partial charge < -0.3 is 5.11 Å². The van der Waals surface area contributed by atoms with E-state index in [0.717, 1.165) is 15.5 Å². The topological polar surface area (TPSA) is 24.1 Å². The molecule has 0 aliphatic heterocycles. The fraction of sp³-hybridized carbons (Fsp3) is 0.100. The van der Waals surface area contributed by atoms with Crippen LogP contribution in [0.3, 0.4) is 0 Å². The van der Waals surface area contributed by atoms with Crippen LogP contribution in [-0.4, -0.2) is 5.11 Å². The third kappa shape index (κ3) is 1.60. The number of aromatic nitrogens is 1. The van der Waals surface area contributed by atoms with Crippen molar-refractivity contribution >= 4 is 33.5 Å². The van der Waals surface area contributed by atoms with Crippen molar-refractivity contribution in [3.8, 4) is 5.75 Å². The van der Waals surface area contributed by atoms with Crippen molar-refractivity contribution < 1.29 is 9.67 Å². The minimum atomic E-state index is 0.317. The molecule has 0 spiro atoms. The standard InChI is InChI=1S/C10H8INO/c11-7-12-5-1-2-8-3-4-9(13)6-10(8)12/h1-6H,7H2/p+1. The number of benzene rings is 1. The molecular weight excluding hydrogens is 277 g/mol. The van der Waals surface area contributed by atoms with E-state index in [1.165, 1.54) is 0 Å². The minimum absolute atomic E-state index is 0.317. The summed E-state index contributed by atoms with van der Waals surface area (Å²) >= 11 is 2.29. The van der Waals surface area contributed by atoms with E-state index in [1.54, 1.807) is 12.1 Å². The lowest BCUT2D eigenvalue weighted by atomic mass is 10.2. The average molecular weight is 286 g/mol. The van der Waals surface area contributed by atoms with Crippen LogP contribution in [0.5, 0.6) is 5.75 Å². The minimum Gasteiger partial charge on any atom is -0.508 e. The molecule has 0 unspecified atom stereocenters. The number of hydrogen-bond acceptors (Lipinski definition) is 1. The second kappa shape index (κ2) is 3.49. The highest BCUT2D eigenvalue weighted by Gasteiger charge is 2.06. The fourth-order valence-corrected chi connectivity index (χ4v) is 1.95. The maximum Gasteiger partial charge on any atom is 0.216 e. The van der Waals surface area contributed by atoms with Crippen molar-refractivity contribution in [1.82, 2.24) is 0 Å². The Morgan fingerprint density at radius 1 is 1.31 bits per heavy atom. The molecule has 13 heavy (non-hydrogen) atoms. The molecule has 0 aliphatic rings. The van der Waals surface area contributed by atoms with Crippen LogP contribution in [0, 0.1) is 0 Å². The van der Waals surface area contributed by atoms with E-state index in [9.17, 15) is 5.11 Å². The summed E-state index contributed by atoms with van der Waals surface area (Å²) in [6, 6.07) is 9.47. The maximum absolute atomic E-state index is 9.33. The molecule has 1 aromatic carbocycles. The number of hydrogen-bond donors (Lipinski definition) is 1. The molecule has 1 heterocycles. The third-order valence-corrected chi connectivity index (χ3v) is 2.73. The molecule has 0 radical (unpaired) electrons. The molecule has 2 aromatic rings. The Balaban J connectivity index is 2.79. The zero-order valence-corrected chi connectivity index (χ0v) is 9.10. The quantitative estimate of drug-likeness (QED) is 0.485. The molecule has 2 rings (SSSR count). The summed E-state index contributed by atoms with van der Waals surface area (Å²) in [7, 11) is 0. The molecule has 0 fully saturated rings. The molecular formula is C10H9INO+. The van der Waals surface area contributed by atoms with Gasteiger partial charge in [0.2, 0.25) is 5.52 Å². The van der Waals surface area contributed by atoms with E-state index in [0.29, 0.717) is 5.75 Å². The van der Waals surface area contributed by atoms with Gasteiger partial charge in [-0.15, -0.1) is 0 Å². The summed E-state index contributed by atoms with van der Waals surface area (Å²) in [6.07, 6.45) is 2.01. The molecule has 0 amide bonds. The largest absolute Gasteiger partial charge is 0.508 e. The monoisotopic (exact) mass is 286 g/mol. The Labute approximate surface area is 90.0 Å².